The molecule has 2 aromatic rings. The smallest absolute Gasteiger partial charge is 0.279 e. The van der Waals surface area contributed by atoms with Gasteiger partial charge in [-0.15, -0.1) is 10.2 Å². The highest BCUT2D eigenvalue weighted by atomic mass is 32.2. The summed E-state index contributed by atoms with van der Waals surface area (Å²) >= 11 is 0. The van der Waals surface area contributed by atoms with Crippen LogP contribution in [0.1, 0.15) is 39.7 Å². The number of benzene rings is 1. The van der Waals surface area contributed by atoms with E-state index in [1.807, 2.05) is 33.8 Å². The first kappa shape index (κ1) is 17.3. The van der Waals surface area contributed by atoms with Gasteiger partial charge in [0.1, 0.15) is 23.3 Å². The molecule has 0 bridgehead atoms. The van der Waals surface area contributed by atoms with Crippen LogP contribution in [0.2, 0.25) is 0 Å². The van der Waals surface area contributed by atoms with Crippen LogP contribution in [0.4, 0.5) is 0 Å². The van der Waals surface area contributed by atoms with Crippen molar-refractivity contribution in [1.82, 2.24) is 14.9 Å². The summed E-state index contributed by atoms with van der Waals surface area (Å²) in [6.45, 7) is 8.49. The SMILES string of the molecule is CCCOc1ccc(C(C)(C)C)cc1S(=O)(=O)Nn1cnnc1. The third-order valence-corrected chi connectivity index (χ3v) is 4.55. The van der Waals surface area contributed by atoms with Crippen LogP contribution in [0.3, 0.4) is 0 Å². The van der Waals surface area contributed by atoms with Crippen molar-refractivity contribution in [2.24, 2.45) is 0 Å². The van der Waals surface area contributed by atoms with Crippen molar-refractivity contribution in [2.45, 2.75) is 44.4 Å². The number of sulfonamides is 1. The van der Waals surface area contributed by atoms with E-state index >= 15 is 0 Å². The molecular weight excluding hydrogens is 316 g/mol. The number of rotatable bonds is 6. The summed E-state index contributed by atoms with van der Waals surface area (Å²) in [5, 5.41) is 7.17. The molecule has 0 atom stereocenters. The van der Waals surface area contributed by atoms with Gasteiger partial charge in [0.15, 0.2) is 0 Å². The molecule has 0 spiro atoms. The fourth-order valence-electron chi connectivity index (χ4n) is 1.95. The molecule has 7 nitrogen and oxygen atoms in total. The molecule has 0 aliphatic rings. The molecule has 126 valence electrons. The Morgan fingerprint density at radius 2 is 1.87 bits per heavy atom. The quantitative estimate of drug-likeness (QED) is 0.873. The van der Waals surface area contributed by atoms with Crippen molar-refractivity contribution >= 4 is 10.0 Å². The Morgan fingerprint density at radius 1 is 1.22 bits per heavy atom. The highest BCUT2D eigenvalue weighted by Gasteiger charge is 2.24. The summed E-state index contributed by atoms with van der Waals surface area (Å²) in [6.07, 6.45) is 3.34. The lowest BCUT2D eigenvalue weighted by Gasteiger charge is -2.21. The van der Waals surface area contributed by atoms with Crippen LogP contribution in [-0.4, -0.2) is 29.9 Å². The standard InChI is InChI=1S/C15H22N4O3S/c1-5-8-22-13-7-6-12(15(2,3)4)9-14(13)23(20,21)18-19-10-16-17-11-19/h6-7,9-11,18H,5,8H2,1-4H3. The first-order valence-corrected chi connectivity index (χ1v) is 8.87. The first-order chi connectivity index (χ1) is 10.7. The largest absolute Gasteiger partial charge is 0.492 e. The third kappa shape index (κ3) is 4.22. The zero-order valence-corrected chi connectivity index (χ0v) is 14.6. The van der Waals surface area contributed by atoms with Gasteiger partial charge in [-0.05, 0) is 29.5 Å². The van der Waals surface area contributed by atoms with Crippen molar-refractivity contribution in [3.63, 3.8) is 0 Å². The van der Waals surface area contributed by atoms with Crippen LogP contribution < -0.4 is 9.57 Å². The van der Waals surface area contributed by atoms with Gasteiger partial charge in [0.05, 0.1) is 6.61 Å². The Balaban J connectivity index is 2.47. The van der Waals surface area contributed by atoms with Gasteiger partial charge in [-0.25, -0.2) is 9.51 Å². The Morgan fingerprint density at radius 3 is 2.43 bits per heavy atom. The van der Waals surface area contributed by atoms with E-state index in [9.17, 15) is 8.42 Å². The molecular formula is C15H22N4O3S. The molecule has 23 heavy (non-hydrogen) atoms. The molecule has 0 unspecified atom stereocenters. The van der Waals surface area contributed by atoms with Crippen LogP contribution >= 0.6 is 0 Å². The molecule has 1 aromatic heterocycles. The van der Waals surface area contributed by atoms with Crippen LogP contribution in [0.5, 0.6) is 5.75 Å². The summed E-state index contributed by atoms with van der Waals surface area (Å²) in [5.74, 6) is 0.334. The Labute approximate surface area is 136 Å². The van der Waals surface area contributed by atoms with Gasteiger partial charge in [-0.3, -0.25) is 0 Å². The second-order valence-electron chi connectivity index (χ2n) is 6.22. The van der Waals surface area contributed by atoms with E-state index in [1.165, 1.54) is 17.3 Å². The predicted octanol–water partition coefficient (Wildman–Crippen LogP) is 2.30. The lowest BCUT2D eigenvalue weighted by atomic mass is 9.87. The van der Waals surface area contributed by atoms with Crippen LogP contribution in [0.25, 0.3) is 0 Å². The Kier molecular flexibility index (Phi) is 4.93. The number of hydrogen-bond acceptors (Lipinski definition) is 5. The molecule has 0 aliphatic carbocycles. The molecule has 0 aliphatic heterocycles. The molecule has 2 rings (SSSR count). The Bertz CT molecular complexity index is 750. The fourth-order valence-corrected chi connectivity index (χ4v) is 3.10. The van der Waals surface area contributed by atoms with E-state index in [1.54, 1.807) is 12.1 Å². The van der Waals surface area contributed by atoms with Crippen LogP contribution in [0.15, 0.2) is 35.7 Å². The predicted molar refractivity (Wildman–Crippen MR) is 87.5 cm³/mol. The fraction of sp³-hybridized carbons (Fsp3) is 0.467. The van der Waals surface area contributed by atoms with Gasteiger partial charge in [-0.1, -0.05) is 33.8 Å². The molecule has 8 heteroatoms. The van der Waals surface area contributed by atoms with Crippen molar-refractivity contribution in [3.8, 4) is 5.75 Å². The summed E-state index contributed by atoms with van der Waals surface area (Å²) in [5.41, 5.74) is 0.731. The van der Waals surface area contributed by atoms with Gasteiger partial charge >= 0.3 is 0 Å². The summed E-state index contributed by atoms with van der Waals surface area (Å²) in [7, 11) is -3.82. The van der Waals surface area contributed by atoms with E-state index in [2.05, 4.69) is 15.0 Å². The van der Waals surface area contributed by atoms with E-state index in [4.69, 9.17) is 4.74 Å². The van der Waals surface area contributed by atoms with E-state index in [0.29, 0.717) is 12.4 Å². The minimum absolute atomic E-state index is 0.104. The van der Waals surface area contributed by atoms with E-state index in [0.717, 1.165) is 12.0 Å². The summed E-state index contributed by atoms with van der Waals surface area (Å²) < 4.78 is 32.2. The van der Waals surface area contributed by atoms with Gasteiger partial charge in [0, 0.05) is 0 Å². The molecule has 0 radical (unpaired) electrons. The highest BCUT2D eigenvalue weighted by Crippen LogP contribution is 2.31. The van der Waals surface area contributed by atoms with Crippen molar-refractivity contribution in [3.05, 3.63) is 36.4 Å². The molecule has 0 saturated heterocycles. The lowest BCUT2D eigenvalue weighted by molar-refractivity contribution is 0.309. The maximum atomic E-state index is 12.7. The molecule has 0 fully saturated rings. The summed E-state index contributed by atoms with van der Waals surface area (Å²) in [6, 6.07) is 5.25. The Hall–Kier alpha value is -2.09. The van der Waals surface area contributed by atoms with Crippen LogP contribution in [-0.2, 0) is 15.4 Å². The van der Waals surface area contributed by atoms with Crippen molar-refractivity contribution in [1.29, 1.82) is 0 Å². The monoisotopic (exact) mass is 338 g/mol. The number of aromatic nitrogens is 3. The number of ether oxygens (including phenoxy) is 1. The van der Waals surface area contributed by atoms with Gasteiger partial charge in [0.25, 0.3) is 10.0 Å². The van der Waals surface area contributed by atoms with Crippen molar-refractivity contribution in [2.75, 3.05) is 11.4 Å². The van der Waals surface area contributed by atoms with Gasteiger partial charge in [0.2, 0.25) is 0 Å². The van der Waals surface area contributed by atoms with E-state index in [-0.39, 0.29) is 10.3 Å². The molecule has 1 N–H and O–H groups in total. The maximum absolute atomic E-state index is 12.7. The zero-order valence-electron chi connectivity index (χ0n) is 13.8. The topological polar surface area (TPSA) is 86.1 Å². The van der Waals surface area contributed by atoms with Gasteiger partial charge in [-0.2, -0.15) is 8.42 Å². The summed E-state index contributed by atoms with van der Waals surface area (Å²) in [4.78, 5) is 2.50. The van der Waals surface area contributed by atoms with Gasteiger partial charge < -0.3 is 4.74 Å². The normalized spacial score (nSPS) is 12.2. The second-order valence-corrected chi connectivity index (χ2v) is 7.85. The average molecular weight is 338 g/mol. The highest BCUT2D eigenvalue weighted by molar-refractivity contribution is 7.92. The lowest BCUT2D eigenvalue weighted by Crippen LogP contribution is -2.23. The molecule has 1 heterocycles. The number of nitrogens with one attached hydrogen (secondary N) is 1. The minimum Gasteiger partial charge on any atom is -0.492 e. The van der Waals surface area contributed by atoms with E-state index < -0.39 is 10.0 Å². The third-order valence-electron chi connectivity index (χ3n) is 3.21. The maximum Gasteiger partial charge on any atom is 0.279 e. The second kappa shape index (κ2) is 6.57. The van der Waals surface area contributed by atoms with Crippen molar-refractivity contribution < 1.29 is 13.2 Å². The number of nitrogens with zero attached hydrogens (tertiary/aromatic N) is 3. The minimum atomic E-state index is -3.82. The molecule has 1 aromatic carbocycles. The average Bonchev–Trinajstić information content (AvgIpc) is 2.96. The number of hydrogen-bond donors (Lipinski definition) is 1. The first-order valence-electron chi connectivity index (χ1n) is 7.39. The van der Waals surface area contributed by atoms with Crippen LogP contribution in [0, 0.1) is 0 Å². The molecule has 0 saturated carbocycles. The zero-order chi connectivity index (χ0) is 17.1. The molecule has 0 amide bonds.